The van der Waals surface area contributed by atoms with Crippen LogP contribution in [-0.2, 0) is 9.59 Å². The van der Waals surface area contributed by atoms with Crippen LogP contribution in [0.15, 0.2) is 29.5 Å². The number of phenolic OH excluding ortho intramolecular Hbond substituents is 1. The number of carbonyl (C=O) groups excluding carboxylic acids is 2. The van der Waals surface area contributed by atoms with Gasteiger partial charge in [-0.3, -0.25) is 19.7 Å². The largest absolute Gasteiger partial charge is 0.503 e. The van der Waals surface area contributed by atoms with Crippen molar-refractivity contribution in [2.24, 2.45) is 5.92 Å². The maximum atomic E-state index is 12.9. The molecule has 9 nitrogen and oxygen atoms in total. The van der Waals surface area contributed by atoms with E-state index in [1.54, 1.807) is 0 Å². The van der Waals surface area contributed by atoms with Gasteiger partial charge in [-0.1, -0.05) is 33.8 Å². The molecule has 164 valence electrons. The smallest absolute Gasteiger partial charge is 0.311 e. The van der Waals surface area contributed by atoms with E-state index in [1.807, 2.05) is 27.7 Å². The number of phenols is 1. The normalized spacial score (nSPS) is 16.8. The van der Waals surface area contributed by atoms with Crippen LogP contribution in [0.4, 0.5) is 5.69 Å². The molecule has 1 amide bonds. The number of rotatable bonds is 10. The molecule has 0 fully saturated rings. The summed E-state index contributed by atoms with van der Waals surface area (Å²) >= 11 is 0. The van der Waals surface area contributed by atoms with Gasteiger partial charge in [0.25, 0.3) is 5.91 Å². The van der Waals surface area contributed by atoms with Gasteiger partial charge in [-0.25, -0.2) is 0 Å². The minimum absolute atomic E-state index is 0.00688. The monoisotopic (exact) mass is 419 g/mol. The number of carbonyl (C=O) groups is 2. The van der Waals surface area contributed by atoms with Crippen molar-refractivity contribution >= 4 is 17.4 Å². The summed E-state index contributed by atoms with van der Waals surface area (Å²) in [7, 11) is 0. The van der Waals surface area contributed by atoms with Gasteiger partial charge in [0.15, 0.2) is 17.3 Å². The summed E-state index contributed by atoms with van der Waals surface area (Å²) in [4.78, 5) is 39.7. The van der Waals surface area contributed by atoms with E-state index in [0.29, 0.717) is 12.1 Å². The molecule has 0 aromatic heterocycles. The lowest BCUT2D eigenvalue weighted by atomic mass is 9.92. The van der Waals surface area contributed by atoms with Crippen LogP contribution in [0.1, 0.15) is 45.7 Å². The molecule has 1 aromatic carbocycles. The van der Waals surface area contributed by atoms with Gasteiger partial charge in [0.1, 0.15) is 0 Å². The number of aliphatic hydroxyl groups is 1. The van der Waals surface area contributed by atoms with E-state index in [9.17, 15) is 29.9 Å². The summed E-state index contributed by atoms with van der Waals surface area (Å²) in [6.07, 6.45) is 0.132. The lowest BCUT2D eigenvalue weighted by Crippen LogP contribution is -2.38. The molecule has 0 saturated heterocycles. The third-order valence-electron chi connectivity index (χ3n) is 5.26. The van der Waals surface area contributed by atoms with Crippen molar-refractivity contribution in [3.05, 3.63) is 45.2 Å². The molecule has 2 N–H and O–H groups in total. The maximum Gasteiger partial charge on any atom is 0.311 e. The highest BCUT2D eigenvalue weighted by Crippen LogP contribution is 2.41. The topological polar surface area (TPSA) is 124 Å². The van der Waals surface area contributed by atoms with E-state index in [1.165, 1.54) is 17.0 Å². The molecule has 0 radical (unpaired) electrons. The zero-order valence-electron chi connectivity index (χ0n) is 17.8. The molecule has 30 heavy (non-hydrogen) atoms. The molecule has 0 spiro atoms. The van der Waals surface area contributed by atoms with Gasteiger partial charge in [-0.2, -0.15) is 0 Å². The summed E-state index contributed by atoms with van der Waals surface area (Å²) in [5, 5.41) is 31.6. The summed E-state index contributed by atoms with van der Waals surface area (Å²) in [5.41, 5.74) is -0.275. The summed E-state index contributed by atoms with van der Waals surface area (Å²) in [5.74, 6) is -2.16. The van der Waals surface area contributed by atoms with Gasteiger partial charge in [0.05, 0.1) is 16.5 Å². The maximum absolute atomic E-state index is 12.9. The highest BCUT2D eigenvalue weighted by molar-refractivity contribution is 6.09. The Balaban J connectivity index is 2.53. The second kappa shape index (κ2) is 9.71. The Morgan fingerprint density at radius 2 is 1.90 bits per heavy atom. The highest BCUT2D eigenvalue weighted by Gasteiger charge is 2.43. The number of aromatic hydroxyl groups is 1. The minimum Gasteiger partial charge on any atom is -0.503 e. The number of hydrogen-bond donors (Lipinski definition) is 2. The number of amides is 1. The molecule has 0 saturated carbocycles. The number of hydrogen-bond acceptors (Lipinski definition) is 7. The van der Waals surface area contributed by atoms with Gasteiger partial charge >= 0.3 is 5.69 Å². The second-order valence-electron chi connectivity index (χ2n) is 7.72. The Kier molecular flexibility index (Phi) is 7.55. The third-order valence-corrected chi connectivity index (χ3v) is 5.26. The van der Waals surface area contributed by atoms with Gasteiger partial charge in [-0.05, 0) is 30.6 Å². The molecule has 1 unspecified atom stereocenters. The Morgan fingerprint density at radius 1 is 1.27 bits per heavy atom. The van der Waals surface area contributed by atoms with Crippen LogP contribution >= 0.6 is 0 Å². The number of nitro groups is 1. The van der Waals surface area contributed by atoms with Crippen LogP contribution in [0.3, 0.4) is 0 Å². The first-order chi connectivity index (χ1) is 14.1. The van der Waals surface area contributed by atoms with Crippen molar-refractivity contribution in [3.8, 4) is 5.75 Å². The average molecular weight is 419 g/mol. The van der Waals surface area contributed by atoms with Crippen molar-refractivity contribution in [2.75, 3.05) is 26.2 Å². The van der Waals surface area contributed by atoms with Crippen molar-refractivity contribution in [1.82, 2.24) is 9.80 Å². The van der Waals surface area contributed by atoms with Crippen molar-refractivity contribution in [3.63, 3.8) is 0 Å². The highest BCUT2D eigenvalue weighted by atomic mass is 16.6. The van der Waals surface area contributed by atoms with E-state index in [4.69, 9.17) is 0 Å². The van der Waals surface area contributed by atoms with Crippen molar-refractivity contribution < 1.29 is 24.7 Å². The van der Waals surface area contributed by atoms with Crippen molar-refractivity contribution in [2.45, 2.75) is 40.2 Å². The minimum atomic E-state index is -0.946. The quantitative estimate of drug-likeness (QED) is 0.441. The molecule has 1 aliphatic heterocycles. The fourth-order valence-corrected chi connectivity index (χ4v) is 3.64. The van der Waals surface area contributed by atoms with Crippen LogP contribution in [0.5, 0.6) is 5.75 Å². The number of nitrogens with zero attached hydrogens (tertiary/aromatic N) is 3. The van der Waals surface area contributed by atoms with Crippen LogP contribution in [0.2, 0.25) is 0 Å². The molecular weight excluding hydrogens is 390 g/mol. The summed E-state index contributed by atoms with van der Waals surface area (Å²) in [6.45, 7) is 9.98. The number of benzene rings is 1. The molecule has 1 atom stereocenters. The van der Waals surface area contributed by atoms with E-state index in [-0.39, 0.29) is 30.2 Å². The SMILES string of the molecule is CCN(CC)CCN1C(=O)C(O)=C(C(=O)CC(C)C)C1c1ccc(O)c([N+](=O)[O-])c1. The van der Waals surface area contributed by atoms with Gasteiger partial charge in [0, 0.05) is 25.6 Å². The van der Waals surface area contributed by atoms with E-state index < -0.39 is 34.1 Å². The summed E-state index contributed by atoms with van der Waals surface area (Å²) < 4.78 is 0. The molecular formula is C21H29N3O6. The molecule has 2 rings (SSSR count). The fraction of sp³-hybridized carbons (Fsp3) is 0.524. The van der Waals surface area contributed by atoms with Gasteiger partial charge in [-0.15, -0.1) is 0 Å². The van der Waals surface area contributed by atoms with Crippen molar-refractivity contribution in [1.29, 1.82) is 0 Å². The molecule has 0 bridgehead atoms. The predicted molar refractivity (Wildman–Crippen MR) is 111 cm³/mol. The molecule has 1 aliphatic rings. The fourth-order valence-electron chi connectivity index (χ4n) is 3.64. The van der Waals surface area contributed by atoms with Crippen LogP contribution < -0.4 is 0 Å². The summed E-state index contributed by atoms with van der Waals surface area (Å²) in [6, 6.07) is 2.81. The first-order valence-electron chi connectivity index (χ1n) is 10.1. The Morgan fingerprint density at radius 3 is 2.43 bits per heavy atom. The van der Waals surface area contributed by atoms with Crippen LogP contribution in [-0.4, -0.2) is 62.8 Å². The molecule has 1 heterocycles. The molecule has 1 aromatic rings. The zero-order chi connectivity index (χ0) is 22.6. The third kappa shape index (κ3) is 4.79. The molecule has 9 heteroatoms. The van der Waals surface area contributed by atoms with Crippen LogP contribution in [0.25, 0.3) is 0 Å². The number of aliphatic hydroxyl groups excluding tert-OH is 1. The number of nitro benzene ring substituents is 1. The number of likely N-dealkylation sites (N-methyl/N-ethyl adjacent to an activating group) is 1. The number of ketones is 1. The Bertz CT molecular complexity index is 860. The lowest BCUT2D eigenvalue weighted by Gasteiger charge is -2.29. The molecule has 0 aliphatic carbocycles. The Labute approximate surface area is 175 Å². The first kappa shape index (κ1) is 23.3. The van der Waals surface area contributed by atoms with E-state index in [0.717, 1.165) is 19.2 Å². The standard InChI is InChI=1S/C21H29N3O6/c1-5-22(6-2)9-10-23-19(14-7-8-16(25)15(12-14)24(29)30)18(20(27)21(23)28)17(26)11-13(3)4/h7-8,12-13,19,25,27H,5-6,9-11H2,1-4H3. The van der Waals surface area contributed by atoms with Crippen LogP contribution in [0, 0.1) is 16.0 Å². The zero-order valence-corrected chi connectivity index (χ0v) is 17.8. The van der Waals surface area contributed by atoms with E-state index in [2.05, 4.69) is 4.90 Å². The first-order valence-corrected chi connectivity index (χ1v) is 10.1. The number of Topliss-reactive ketones (excluding diaryl/α,β-unsaturated/α-hetero) is 1. The van der Waals surface area contributed by atoms with Gasteiger partial charge < -0.3 is 20.0 Å². The lowest BCUT2D eigenvalue weighted by molar-refractivity contribution is -0.385. The van der Waals surface area contributed by atoms with Gasteiger partial charge in [0.2, 0.25) is 0 Å². The average Bonchev–Trinajstić information content (AvgIpc) is 2.93. The predicted octanol–water partition coefficient (Wildman–Crippen LogP) is 2.95. The second-order valence-corrected chi connectivity index (χ2v) is 7.72. The van der Waals surface area contributed by atoms with E-state index >= 15 is 0 Å². The Hall–Kier alpha value is -2.94.